The minimum absolute atomic E-state index is 0.128. The van der Waals surface area contributed by atoms with Crippen LogP contribution < -0.4 is 5.73 Å². The van der Waals surface area contributed by atoms with Crippen molar-refractivity contribution in [3.8, 4) is 0 Å². The Hall–Kier alpha value is -0.600. The Morgan fingerprint density at radius 2 is 2.21 bits per heavy atom. The van der Waals surface area contributed by atoms with E-state index in [2.05, 4.69) is 40.2 Å². The first-order valence-electron chi connectivity index (χ1n) is 4.93. The van der Waals surface area contributed by atoms with Crippen LogP contribution in [0.25, 0.3) is 5.57 Å². The van der Waals surface area contributed by atoms with E-state index in [1.165, 1.54) is 21.2 Å². The summed E-state index contributed by atoms with van der Waals surface area (Å²) in [6, 6.07) is 6.46. The summed E-state index contributed by atoms with van der Waals surface area (Å²) in [5.74, 6) is 0. The van der Waals surface area contributed by atoms with E-state index in [1.807, 2.05) is 6.92 Å². The van der Waals surface area contributed by atoms with Gasteiger partial charge in [-0.15, -0.1) is 0 Å². The summed E-state index contributed by atoms with van der Waals surface area (Å²) in [6.45, 7) is 2.04. The lowest BCUT2D eigenvalue weighted by Gasteiger charge is -2.21. The molecule has 1 atom stereocenters. The molecule has 0 aromatic heterocycles. The van der Waals surface area contributed by atoms with Crippen LogP contribution in [0.2, 0.25) is 0 Å². The second kappa shape index (κ2) is 3.87. The van der Waals surface area contributed by atoms with Gasteiger partial charge in [0.05, 0.1) is 0 Å². The van der Waals surface area contributed by atoms with E-state index >= 15 is 0 Å². The van der Waals surface area contributed by atoms with Gasteiger partial charge in [0.25, 0.3) is 0 Å². The highest BCUT2D eigenvalue weighted by atomic mass is 79.9. The molecule has 1 aliphatic rings. The molecule has 0 heterocycles. The van der Waals surface area contributed by atoms with Gasteiger partial charge in [-0.2, -0.15) is 0 Å². The normalized spacial score (nSPS) is 17.2. The average molecular weight is 252 g/mol. The maximum Gasteiger partial charge on any atom is 0.0268 e. The summed E-state index contributed by atoms with van der Waals surface area (Å²) in [5.41, 5.74) is 9.96. The van der Waals surface area contributed by atoms with Crippen molar-refractivity contribution in [2.45, 2.75) is 25.8 Å². The third-order valence-electron chi connectivity index (χ3n) is 2.68. The highest BCUT2D eigenvalue weighted by Gasteiger charge is 2.16. The van der Waals surface area contributed by atoms with Crippen LogP contribution in [0.4, 0.5) is 0 Å². The van der Waals surface area contributed by atoms with Gasteiger partial charge in [0, 0.05) is 10.5 Å². The van der Waals surface area contributed by atoms with Crippen molar-refractivity contribution in [1.82, 2.24) is 0 Å². The molecule has 1 nitrogen and oxygen atoms in total. The van der Waals surface area contributed by atoms with Gasteiger partial charge in [-0.05, 0) is 42.5 Å². The van der Waals surface area contributed by atoms with Gasteiger partial charge >= 0.3 is 0 Å². The zero-order chi connectivity index (χ0) is 10.1. The number of nitrogens with two attached hydrogens (primary N) is 1. The SMILES string of the molecule is CC(N)C1=CCCc2c(Br)cccc21. The zero-order valence-corrected chi connectivity index (χ0v) is 9.84. The van der Waals surface area contributed by atoms with E-state index in [0.717, 1.165) is 12.8 Å². The van der Waals surface area contributed by atoms with Crippen molar-refractivity contribution in [3.63, 3.8) is 0 Å². The van der Waals surface area contributed by atoms with Crippen LogP contribution >= 0.6 is 15.9 Å². The first kappa shape index (κ1) is 9.94. The average Bonchev–Trinajstić information content (AvgIpc) is 2.17. The molecule has 0 saturated heterocycles. The topological polar surface area (TPSA) is 26.0 Å². The standard InChI is InChI=1S/C12H14BrN/c1-8(14)9-4-2-6-11-10(9)5-3-7-12(11)13/h3-5,7-8H,2,6,14H2,1H3. The molecule has 0 amide bonds. The highest BCUT2D eigenvalue weighted by Crippen LogP contribution is 2.32. The smallest absolute Gasteiger partial charge is 0.0268 e. The Kier molecular flexibility index (Phi) is 2.75. The summed E-state index contributed by atoms with van der Waals surface area (Å²) in [5, 5.41) is 0. The van der Waals surface area contributed by atoms with Gasteiger partial charge in [0.1, 0.15) is 0 Å². The predicted octanol–water partition coefficient (Wildman–Crippen LogP) is 3.13. The van der Waals surface area contributed by atoms with E-state index in [-0.39, 0.29) is 6.04 Å². The van der Waals surface area contributed by atoms with Gasteiger partial charge in [-0.3, -0.25) is 0 Å². The summed E-state index contributed by atoms with van der Waals surface area (Å²) < 4.78 is 1.21. The number of hydrogen-bond acceptors (Lipinski definition) is 1. The molecule has 0 aliphatic heterocycles. The van der Waals surface area contributed by atoms with E-state index in [9.17, 15) is 0 Å². The molecule has 1 aliphatic carbocycles. The lowest BCUT2D eigenvalue weighted by atomic mass is 9.88. The second-order valence-electron chi connectivity index (χ2n) is 3.75. The van der Waals surface area contributed by atoms with E-state index in [4.69, 9.17) is 5.73 Å². The summed E-state index contributed by atoms with van der Waals surface area (Å²) >= 11 is 3.59. The molecule has 1 unspecified atom stereocenters. The van der Waals surface area contributed by atoms with Gasteiger partial charge in [0.2, 0.25) is 0 Å². The largest absolute Gasteiger partial charge is 0.324 e. The molecule has 1 aromatic rings. The molecular formula is C12H14BrN. The van der Waals surface area contributed by atoms with E-state index in [1.54, 1.807) is 0 Å². The van der Waals surface area contributed by atoms with E-state index < -0.39 is 0 Å². The number of halogens is 1. The molecule has 0 fully saturated rings. The Bertz CT molecular complexity index is 380. The summed E-state index contributed by atoms with van der Waals surface area (Å²) in [6.07, 6.45) is 4.49. The summed E-state index contributed by atoms with van der Waals surface area (Å²) in [4.78, 5) is 0. The highest BCUT2D eigenvalue weighted by molar-refractivity contribution is 9.10. The molecule has 0 radical (unpaired) electrons. The fourth-order valence-electron chi connectivity index (χ4n) is 2.00. The van der Waals surface area contributed by atoms with Crippen molar-refractivity contribution < 1.29 is 0 Å². The van der Waals surface area contributed by atoms with Crippen LogP contribution in [-0.2, 0) is 6.42 Å². The molecular weight excluding hydrogens is 238 g/mol. The molecule has 0 saturated carbocycles. The lowest BCUT2D eigenvalue weighted by molar-refractivity contribution is 0.894. The van der Waals surface area contributed by atoms with Crippen molar-refractivity contribution in [1.29, 1.82) is 0 Å². The second-order valence-corrected chi connectivity index (χ2v) is 4.61. The number of hydrogen-bond donors (Lipinski definition) is 1. The van der Waals surface area contributed by atoms with Gasteiger partial charge in [-0.1, -0.05) is 34.1 Å². The van der Waals surface area contributed by atoms with Crippen molar-refractivity contribution in [2.24, 2.45) is 5.73 Å². The number of rotatable bonds is 1. The number of allylic oxidation sites excluding steroid dienone is 1. The van der Waals surface area contributed by atoms with Crippen LogP contribution in [0.5, 0.6) is 0 Å². The molecule has 0 bridgehead atoms. The lowest BCUT2D eigenvalue weighted by Crippen LogP contribution is -2.19. The monoisotopic (exact) mass is 251 g/mol. The Morgan fingerprint density at radius 1 is 1.43 bits per heavy atom. The van der Waals surface area contributed by atoms with Crippen molar-refractivity contribution >= 4 is 21.5 Å². The summed E-state index contributed by atoms with van der Waals surface area (Å²) in [7, 11) is 0. The van der Waals surface area contributed by atoms with Crippen LogP contribution in [0.3, 0.4) is 0 Å². The van der Waals surface area contributed by atoms with Crippen LogP contribution in [-0.4, -0.2) is 6.04 Å². The number of benzene rings is 1. The fraction of sp³-hybridized carbons (Fsp3) is 0.333. The molecule has 2 N–H and O–H groups in total. The molecule has 1 aromatic carbocycles. The zero-order valence-electron chi connectivity index (χ0n) is 8.26. The predicted molar refractivity (Wildman–Crippen MR) is 64.1 cm³/mol. The fourth-order valence-corrected chi connectivity index (χ4v) is 2.56. The Labute approximate surface area is 93.1 Å². The Balaban J connectivity index is 2.54. The molecule has 2 rings (SSSR count). The minimum Gasteiger partial charge on any atom is -0.324 e. The van der Waals surface area contributed by atoms with Gasteiger partial charge in [-0.25, -0.2) is 0 Å². The van der Waals surface area contributed by atoms with Gasteiger partial charge in [0.15, 0.2) is 0 Å². The first-order valence-corrected chi connectivity index (χ1v) is 5.73. The third-order valence-corrected chi connectivity index (χ3v) is 3.42. The van der Waals surface area contributed by atoms with Crippen LogP contribution in [0.15, 0.2) is 28.7 Å². The number of fused-ring (bicyclic) bond motifs is 1. The molecule has 2 heteroatoms. The van der Waals surface area contributed by atoms with Crippen molar-refractivity contribution in [2.75, 3.05) is 0 Å². The maximum atomic E-state index is 5.95. The molecule has 0 spiro atoms. The van der Waals surface area contributed by atoms with Gasteiger partial charge < -0.3 is 5.73 Å². The maximum absolute atomic E-state index is 5.95. The van der Waals surface area contributed by atoms with E-state index in [0.29, 0.717) is 0 Å². The van der Waals surface area contributed by atoms with Crippen LogP contribution in [0.1, 0.15) is 24.5 Å². The third kappa shape index (κ3) is 1.64. The quantitative estimate of drug-likeness (QED) is 0.816. The Morgan fingerprint density at radius 3 is 2.93 bits per heavy atom. The first-order chi connectivity index (χ1) is 6.70. The van der Waals surface area contributed by atoms with Crippen LogP contribution in [0, 0.1) is 0 Å². The molecule has 14 heavy (non-hydrogen) atoms. The minimum atomic E-state index is 0.128. The molecule has 74 valence electrons. The van der Waals surface area contributed by atoms with Crippen molar-refractivity contribution in [3.05, 3.63) is 39.9 Å².